The third-order valence-corrected chi connectivity index (χ3v) is 5.95. The molecule has 0 spiro atoms. The average molecular weight is 412 g/mol. The van der Waals surface area contributed by atoms with Crippen molar-refractivity contribution in [1.29, 1.82) is 0 Å². The number of alkyl halides is 3. The van der Waals surface area contributed by atoms with Crippen molar-refractivity contribution in [2.24, 2.45) is 17.8 Å². The summed E-state index contributed by atoms with van der Waals surface area (Å²) in [4.78, 5) is 4.41. The fourth-order valence-corrected chi connectivity index (χ4v) is 4.50. The van der Waals surface area contributed by atoms with Crippen LogP contribution in [0.4, 0.5) is 17.6 Å². The molecular formula is C20H24F4N4O. The zero-order valence-corrected chi connectivity index (χ0v) is 16.3. The highest BCUT2D eigenvalue weighted by molar-refractivity contribution is 5.34. The SMILES string of the molecule is CC(C)n1nc(CC2[C@@H]3CC[C@H]2CNC3)nc1Oc1cccc(C(F)(F)F)c1F. The first-order valence-corrected chi connectivity index (χ1v) is 9.93. The molecule has 0 radical (unpaired) electrons. The highest BCUT2D eigenvalue weighted by atomic mass is 19.4. The van der Waals surface area contributed by atoms with Crippen LogP contribution in [0, 0.1) is 23.6 Å². The van der Waals surface area contributed by atoms with Gasteiger partial charge in [0.05, 0.1) is 11.6 Å². The zero-order valence-electron chi connectivity index (χ0n) is 16.3. The first kappa shape index (κ1) is 20.1. The third kappa shape index (κ3) is 3.97. The summed E-state index contributed by atoms with van der Waals surface area (Å²) in [5, 5.41) is 7.96. The van der Waals surface area contributed by atoms with Crippen molar-refractivity contribution in [3.05, 3.63) is 35.4 Å². The van der Waals surface area contributed by atoms with Crippen molar-refractivity contribution in [2.45, 2.75) is 45.3 Å². The molecule has 2 aliphatic rings. The van der Waals surface area contributed by atoms with E-state index in [1.807, 2.05) is 13.8 Å². The van der Waals surface area contributed by atoms with Crippen molar-refractivity contribution < 1.29 is 22.3 Å². The Morgan fingerprint density at radius 1 is 1.21 bits per heavy atom. The molecule has 1 saturated carbocycles. The fraction of sp³-hybridized carbons (Fsp3) is 0.600. The van der Waals surface area contributed by atoms with E-state index in [2.05, 4.69) is 15.4 Å². The molecule has 2 bridgehead atoms. The molecule has 9 heteroatoms. The molecule has 1 aromatic heterocycles. The molecule has 1 aliphatic heterocycles. The Bertz CT molecular complexity index is 864. The second-order valence-electron chi connectivity index (χ2n) is 8.19. The molecule has 4 rings (SSSR count). The van der Waals surface area contributed by atoms with Crippen molar-refractivity contribution in [3.63, 3.8) is 0 Å². The normalized spacial score (nSPS) is 24.3. The maximum absolute atomic E-state index is 14.4. The maximum Gasteiger partial charge on any atom is 0.419 e. The number of piperidine rings is 1. The molecule has 29 heavy (non-hydrogen) atoms. The monoisotopic (exact) mass is 412 g/mol. The average Bonchev–Trinajstić information content (AvgIpc) is 3.12. The molecule has 3 atom stereocenters. The molecule has 2 fully saturated rings. The molecule has 1 N–H and O–H groups in total. The van der Waals surface area contributed by atoms with Crippen LogP contribution in [0.1, 0.15) is 44.1 Å². The summed E-state index contributed by atoms with van der Waals surface area (Å²) in [5.74, 6) is 0.288. The van der Waals surface area contributed by atoms with Crippen LogP contribution in [0.15, 0.2) is 18.2 Å². The summed E-state index contributed by atoms with van der Waals surface area (Å²) in [6, 6.07) is 2.84. The highest BCUT2D eigenvalue weighted by Gasteiger charge is 2.40. The molecular weight excluding hydrogens is 388 g/mol. The van der Waals surface area contributed by atoms with Gasteiger partial charge < -0.3 is 10.1 Å². The Kier molecular flexibility index (Phi) is 5.27. The number of rotatable bonds is 5. The summed E-state index contributed by atoms with van der Waals surface area (Å²) >= 11 is 0. The van der Waals surface area contributed by atoms with Gasteiger partial charge in [-0.15, -0.1) is 0 Å². The number of fused-ring (bicyclic) bond motifs is 2. The van der Waals surface area contributed by atoms with Gasteiger partial charge >= 0.3 is 12.2 Å². The summed E-state index contributed by atoms with van der Waals surface area (Å²) in [6.45, 7) is 5.71. The van der Waals surface area contributed by atoms with Crippen LogP contribution in [-0.4, -0.2) is 27.9 Å². The quantitative estimate of drug-likeness (QED) is 0.730. The predicted molar refractivity (Wildman–Crippen MR) is 98.2 cm³/mol. The van der Waals surface area contributed by atoms with E-state index < -0.39 is 23.3 Å². The minimum absolute atomic E-state index is 0.00880. The zero-order chi connectivity index (χ0) is 20.8. The van der Waals surface area contributed by atoms with Crippen LogP contribution in [0.25, 0.3) is 0 Å². The van der Waals surface area contributed by atoms with E-state index in [0.717, 1.165) is 25.2 Å². The highest BCUT2D eigenvalue weighted by Crippen LogP contribution is 2.41. The first-order valence-electron chi connectivity index (χ1n) is 9.93. The lowest BCUT2D eigenvalue weighted by Gasteiger charge is -2.29. The van der Waals surface area contributed by atoms with Crippen LogP contribution in [-0.2, 0) is 12.6 Å². The second-order valence-corrected chi connectivity index (χ2v) is 8.19. The van der Waals surface area contributed by atoms with Crippen LogP contribution in [0.2, 0.25) is 0 Å². The molecule has 1 saturated heterocycles. The van der Waals surface area contributed by atoms with Gasteiger partial charge in [0.2, 0.25) is 0 Å². The van der Waals surface area contributed by atoms with Gasteiger partial charge in [-0.25, -0.2) is 9.07 Å². The van der Waals surface area contributed by atoms with Gasteiger partial charge in [-0.1, -0.05) is 6.07 Å². The van der Waals surface area contributed by atoms with Crippen LogP contribution in [0.5, 0.6) is 11.8 Å². The lowest BCUT2D eigenvalue weighted by Crippen LogP contribution is -2.39. The lowest BCUT2D eigenvalue weighted by atomic mass is 9.83. The second kappa shape index (κ2) is 7.59. The Morgan fingerprint density at radius 3 is 2.52 bits per heavy atom. The molecule has 2 aromatic rings. The van der Waals surface area contributed by atoms with Crippen LogP contribution in [0.3, 0.4) is 0 Å². The van der Waals surface area contributed by atoms with E-state index in [9.17, 15) is 17.6 Å². The molecule has 0 amide bonds. The van der Waals surface area contributed by atoms with Gasteiger partial charge in [0.15, 0.2) is 17.4 Å². The Hall–Kier alpha value is -2.16. The minimum atomic E-state index is -4.80. The third-order valence-electron chi connectivity index (χ3n) is 5.95. The number of aromatic nitrogens is 3. The first-order chi connectivity index (χ1) is 13.7. The van der Waals surface area contributed by atoms with Crippen LogP contribution >= 0.6 is 0 Å². The number of nitrogens with one attached hydrogen (secondary N) is 1. The summed E-state index contributed by atoms with van der Waals surface area (Å²) in [6.07, 6.45) is -1.73. The largest absolute Gasteiger partial charge is 0.421 e. The number of nitrogens with zero attached hydrogens (tertiary/aromatic N) is 3. The number of hydrogen-bond acceptors (Lipinski definition) is 4. The van der Waals surface area contributed by atoms with E-state index in [1.54, 1.807) is 0 Å². The summed E-state index contributed by atoms with van der Waals surface area (Å²) in [5.41, 5.74) is -1.36. The minimum Gasteiger partial charge on any atom is -0.421 e. The van der Waals surface area contributed by atoms with E-state index in [0.29, 0.717) is 36.1 Å². The maximum atomic E-state index is 14.4. The van der Waals surface area contributed by atoms with E-state index in [-0.39, 0.29) is 12.1 Å². The summed E-state index contributed by atoms with van der Waals surface area (Å²) in [7, 11) is 0. The van der Waals surface area contributed by atoms with Gasteiger partial charge in [0.1, 0.15) is 0 Å². The smallest absolute Gasteiger partial charge is 0.419 e. The standard InChI is InChI=1S/C20H24F4N4O/c1-11(2)28-19(29-16-5-3-4-15(18(16)21)20(22,23)24)26-17(27-28)8-14-12-6-7-13(14)10-25-9-12/h3-5,11-14,25H,6-10H2,1-2H3/t12-,13+,14?. The van der Waals surface area contributed by atoms with E-state index in [1.165, 1.54) is 17.5 Å². The molecule has 1 unspecified atom stereocenters. The van der Waals surface area contributed by atoms with Gasteiger partial charge in [0.25, 0.3) is 0 Å². The fourth-order valence-electron chi connectivity index (χ4n) is 4.50. The van der Waals surface area contributed by atoms with Crippen molar-refractivity contribution in [1.82, 2.24) is 20.1 Å². The topological polar surface area (TPSA) is 52.0 Å². The molecule has 2 heterocycles. The Labute approximate surface area is 166 Å². The molecule has 5 nitrogen and oxygen atoms in total. The predicted octanol–water partition coefficient (Wildman–Crippen LogP) is 4.60. The Morgan fingerprint density at radius 2 is 1.90 bits per heavy atom. The van der Waals surface area contributed by atoms with E-state index in [4.69, 9.17) is 4.74 Å². The molecule has 1 aromatic carbocycles. The molecule has 1 aliphatic carbocycles. The van der Waals surface area contributed by atoms with Gasteiger partial charge in [-0.3, -0.25) is 0 Å². The Balaban J connectivity index is 1.60. The molecule has 158 valence electrons. The summed E-state index contributed by atoms with van der Waals surface area (Å²) < 4.78 is 60.3. The van der Waals surface area contributed by atoms with Crippen LogP contribution < -0.4 is 10.1 Å². The number of ether oxygens (including phenoxy) is 1. The van der Waals surface area contributed by atoms with Gasteiger partial charge in [-0.2, -0.15) is 23.3 Å². The van der Waals surface area contributed by atoms with Gasteiger partial charge in [0, 0.05) is 6.42 Å². The van der Waals surface area contributed by atoms with Gasteiger partial charge in [-0.05, 0) is 69.7 Å². The van der Waals surface area contributed by atoms with Crippen molar-refractivity contribution in [2.75, 3.05) is 13.1 Å². The number of benzene rings is 1. The number of halogens is 4. The van der Waals surface area contributed by atoms with Crippen molar-refractivity contribution in [3.8, 4) is 11.8 Å². The lowest BCUT2D eigenvalue weighted by molar-refractivity contribution is -0.140. The van der Waals surface area contributed by atoms with E-state index >= 15 is 0 Å². The van der Waals surface area contributed by atoms with Crippen molar-refractivity contribution >= 4 is 0 Å². The number of hydrogen-bond donors (Lipinski definition) is 1.